The largest absolute Gasteiger partial charge is 0.134 e. The fourth-order valence-electron chi connectivity index (χ4n) is 6.53. The second-order valence-corrected chi connectivity index (χ2v) is 12.5. The maximum atomic E-state index is 2.43. The first-order chi connectivity index (χ1) is 19.8. The number of benzene rings is 7. The van der Waals surface area contributed by atoms with Crippen molar-refractivity contribution in [2.45, 2.75) is 0 Å². The van der Waals surface area contributed by atoms with Crippen LogP contribution in [-0.4, -0.2) is 0 Å². The number of fused-ring (bicyclic) bond motifs is 9. The summed E-state index contributed by atoms with van der Waals surface area (Å²) < 4.78 is 5.52. The van der Waals surface area contributed by atoms with Crippen molar-refractivity contribution in [1.82, 2.24) is 0 Å². The van der Waals surface area contributed by atoms with Gasteiger partial charge in [-0.2, -0.15) is 0 Å². The van der Waals surface area contributed by atoms with Crippen molar-refractivity contribution in [3.05, 3.63) is 133 Å². The number of hydrogen-bond donors (Lipinski definition) is 0. The van der Waals surface area contributed by atoms with E-state index in [-0.39, 0.29) is 0 Å². The molecular weight excluding hydrogens is 521 g/mol. The van der Waals surface area contributed by atoms with Crippen LogP contribution in [0, 0.1) is 0 Å². The maximum Gasteiger partial charge on any atom is 0.0534 e. The zero-order valence-electron chi connectivity index (χ0n) is 21.5. The van der Waals surface area contributed by atoms with Gasteiger partial charge in [0, 0.05) is 30.9 Å². The zero-order valence-corrected chi connectivity index (χ0v) is 23.2. The number of hydrogen-bond acceptors (Lipinski definition) is 2. The van der Waals surface area contributed by atoms with Crippen molar-refractivity contribution >= 4 is 84.6 Å². The standard InChI is InChI=1S/C38H22S2/c1-2-10-23(11-3-1)35-26-13-4-6-15-28(26)36(29-16-7-5-14-27(29)35)24-18-21-34-32(22-24)31-20-19-30-25-12-8-9-17-33(25)39-37(30)38(31)40-34/h1-22H. The molecule has 0 amide bonds. The third-order valence-corrected chi connectivity index (χ3v) is 10.8. The van der Waals surface area contributed by atoms with Gasteiger partial charge in [0.1, 0.15) is 0 Å². The smallest absolute Gasteiger partial charge is 0.0534 e. The molecule has 0 N–H and O–H groups in total. The summed E-state index contributed by atoms with van der Waals surface area (Å²) >= 11 is 3.85. The zero-order chi connectivity index (χ0) is 26.2. The van der Waals surface area contributed by atoms with E-state index in [0.717, 1.165) is 0 Å². The normalized spacial score (nSPS) is 12.0. The summed E-state index contributed by atoms with van der Waals surface area (Å²) in [6.45, 7) is 0. The summed E-state index contributed by atoms with van der Waals surface area (Å²) in [6.07, 6.45) is 0. The number of thiophene rings is 2. The minimum Gasteiger partial charge on any atom is -0.134 e. The van der Waals surface area contributed by atoms with Crippen LogP contribution in [0.25, 0.3) is 84.1 Å². The summed E-state index contributed by atoms with van der Waals surface area (Å²) in [5.41, 5.74) is 5.16. The molecule has 0 bridgehead atoms. The molecule has 9 aromatic rings. The first-order valence-corrected chi connectivity index (χ1v) is 15.2. The molecule has 2 heterocycles. The molecule has 2 heteroatoms. The average Bonchev–Trinajstić information content (AvgIpc) is 3.58. The molecule has 0 saturated carbocycles. The first-order valence-electron chi connectivity index (χ1n) is 13.6. The molecule has 0 aliphatic rings. The molecule has 0 fully saturated rings. The van der Waals surface area contributed by atoms with Crippen molar-refractivity contribution in [3.8, 4) is 22.3 Å². The molecule has 0 unspecified atom stereocenters. The highest BCUT2D eigenvalue weighted by Gasteiger charge is 2.18. The average molecular weight is 543 g/mol. The maximum absolute atomic E-state index is 2.43. The molecule has 0 nitrogen and oxygen atoms in total. The Morgan fingerprint density at radius 2 is 0.775 bits per heavy atom. The highest BCUT2D eigenvalue weighted by atomic mass is 32.1. The second kappa shape index (κ2) is 8.50. The Morgan fingerprint density at radius 1 is 0.300 bits per heavy atom. The van der Waals surface area contributed by atoms with Crippen molar-refractivity contribution < 1.29 is 0 Å². The van der Waals surface area contributed by atoms with Crippen molar-refractivity contribution in [2.75, 3.05) is 0 Å². The lowest BCUT2D eigenvalue weighted by molar-refractivity contribution is 1.66. The lowest BCUT2D eigenvalue weighted by Gasteiger charge is -2.17. The Bertz CT molecular complexity index is 2370. The predicted octanol–water partition coefficient (Wildman–Crippen LogP) is 12.1. The van der Waals surface area contributed by atoms with Gasteiger partial charge in [-0.25, -0.2) is 0 Å². The van der Waals surface area contributed by atoms with Gasteiger partial charge in [0.25, 0.3) is 0 Å². The van der Waals surface area contributed by atoms with Gasteiger partial charge < -0.3 is 0 Å². The van der Waals surface area contributed by atoms with Crippen LogP contribution >= 0.6 is 22.7 Å². The van der Waals surface area contributed by atoms with Crippen LogP contribution in [0.2, 0.25) is 0 Å². The quantitative estimate of drug-likeness (QED) is 0.191. The SMILES string of the molecule is c1ccc(-c2c3ccccc3c(-c3ccc4sc5c(ccc6c7ccccc7sc65)c4c3)c3ccccc23)cc1. The van der Waals surface area contributed by atoms with Crippen LogP contribution in [-0.2, 0) is 0 Å². The van der Waals surface area contributed by atoms with Gasteiger partial charge in [-0.1, -0.05) is 115 Å². The molecule has 0 aliphatic heterocycles. The van der Waals surface area contributed by atoms with E-state index in [1.165, 1.54) is 84.1 Å². The highest BCUT2D eigenvalue weighted by Crippen LogP contribution is 2.47. The number of rotatable bonds is 2. The Kier molecular flexibility index (Phi) is 4.74. The van der Waals surface area contributed by atoms with Crippen molar-refractivity contribution in [3.63, 3.8) is 0 Å². The summed E-state index contributed by atoms with van der Waals surface area (Å²) in [4.78, 5) is 0. The van der Waals surface area contributed by atoms with Crippen molar-refractivity contribution in [2.24, 2.45) is 0 Å². The molecular formula is C38H22S2. The molecule has 186 valence electrons. The Morgan fingerprint density at radius 3 is 1.40 bits per heavy atom. The van der Waals surface area contributed by atoms with E-state index < -0.39 is 0 Å². The first kappa shape index (κ1) is 22.3. The summed E-state index contributed by atoms with van der Waals surface area (Å²) in [5, 5.41) is 10.6. The van der Waals surface area contributed by atoms with E-state index in [9.17, 15) is 0 Å². The second-order valence-electron chi connectivity index (χ2n) is 10.4. The summed E-state index contributed by atoms with van der Waals surface area (Å²) in [7, 11) is 0. The molecule has 0 saturated heterocycles. The lowest BCUT2D eigenvalue weighted by atomic mass is 9.86. The minimum absolute atomic E-state index is 1.26. The molecule has 2 aromatic heterocycles. The molecule has 0 atom stereocenters. The lowest BCUT2D eigenvalue weighted by Crippen LogP contribution is -1.90. The van der Waals surface area contributed by atoms with E-state index >= 15 is 0 Å². The molecule has 0 spiro atoms. The van der Waals surface area contributed by atoms with E-state index in [1.54, 1.807) is 0 Å². The van der Waals surface area contributed by atoms with Gasteiger partial charge in [0.2, 0.25) is 0 Å². The van der Waals surface area contributed by atoms with Gasteiger partial charge in [0.15, 0.2) is 0 Å². The van der Waals surface area contributed by atoms with Crippen LogP contribution in [0.15, 0.2) is 133 Å². The third kappa shape index (κ3) is 3.12. The van der Waals surface area contributed by atoms with Gasteiger partial charge in [-0.05, 0) is 62.0 Å². The summed E-state index contributed by atoms with van der Waals surface area (Å²) in [6, 6.07) is 49.2. The molecule has 7 aromatic carbocycles. The van der Waals surface area contributed by atoms with Gasteiger partial charge >= 0.3 is 0 Å². The topological polar surface area (TPSA) is 0 Å². The molecule has 9 rings (SSSR count). The molecule has 0 radical (unpaired) electrons. The van der Waals surface area contributed by atoms with E-state index in [0.29, 0.717) is 0 Å². The van der Waals surface area contributed by atoms with Gasteiger partial charge in [-0.15, -0.1) is 22.7 Å². The molecule has 40 heavy (non-hydrogen) atoms. The fraction of sp³-hybridized carbons (Fsp3) is 0. The summed E-state index contributed by atoms with van der Waals surface area (Å²) in [5.74, 6) is 0. The van der Waals surface area contributed by atoms with Gasteiger partial charge in [-0.3, -0.25) is 0 Å². The fourth-order valence-corrected chi connectivity index (χ4v) is 9.05. The Labute approximate surface area is 239 Å². The van der Waals surface area contributed by atoms with Crippen LogP contribution in [0.3, 0.4) is 0 Å². The van der Waals surface area contributed by atoms with E-state index in [4.69, 9.17) is 0 Å². The van der Waals surface area contributed by atoms with Crippen LogP contribution in [0.1, 0.15) is 0 Å². The predicted molar refractivity (Wildman–Crippen MR) is 178 cm³/mol. The van der Waals surface area contributed by atoms with Gasteiger partial charge in [0.05, 0.1) is 9.40 Å². The Balaban J connectivity index is 1.37. The van der Waals surface area contributed by atoms with Crippen LogP contribution in [0.5, 0.6) is 0 Å². The minimum atomic E-state index is 1.26. The van der Waals surface area contributed by atoms with Crippen molar-refractivity contribution in [1.29, 1.82) is 0 Å². The van der Waals surface area contributed by atoms with Crippen LogP contribution < -0.4 is 0 Å². The van der Waals surface area contributed by atoms with Crippen LogP contribution in [0.4, 0.5) is 0 Å². The highest BCUT2D eigenvalue weighted by molar-refractivity contribution is 7.33. The molecule has 0 aliphatic carbocycles. The van der Waals surface area contributed by atoms with E-state index in [1.807, 2.05) is 22.7 Å². The van der Waals surface area contributed by atoms with E-state index in [2.05, 4.69) is 133 Å². The Hall–Kier alpha value is -4.50. The third-order valence-electron chi connectivity index (χ3n) is 8.27. The monoisotopic (exact) mass is 542 g/mol.